The highest BCUT2D eigenvalue weighted by Crippen LogP contribution is 2.27. The maximum absolute atomic E-state index is 4.78. The summed E-state index contributed by atoms with van der Waals surface area (Å²) in [5, 5.41) is 3.15. The Morgan fingerprint density at radius 1 is 1.07 bits per heavy atom. The molecule has 0 unspecified atom stereocenters. The molecular formula is C21H27Cl2N5S. The van der Waals surface area contributed by atoms with E-state index >= 15 is 0 Å². The average Bonchev–Trinajstić information content (AvgIpc) is 3.11. The van der Waals surface area contributed by atoms with Gasteiger partial charge < -0.3 is 4.90 Å². The van der Waals surface area contributed by atoms with Gasteiger partial charge >= 0.3 is 0 Å². The smallest absolute Gasteiger partial charge is 0.111 e. The maximum atomic E-state index is 4.78. The predicted octanol–water partition coefficient (Wildman–Crippen LogP) is 5.57. The average molecular weight is 452 g/mol. The van der Waals surface area contributed by atoms with Crippen LogP contribution < -0.4 is 0 Å². The molecule has 0 N–H and O–H groups in total. The van der Waals surface area contributed by atoms with Crippen molar-refractivity contribution in [3.05, 3.63) is 57.3 Å². The number of hydrogen-bond acceptors (Lipinski definition) is 5. The van der Waals surface area contributed by atoms with Crippen LogP contribution in [0.2, 0.25) is 0 Å². The summed E-state index contributed by atoms with van der Waals surface area (Å²) >= 11 is 1.67. The molecule has 0 aliphatic rings. The zero-order valence-corrected chi connectivity index (χ0v) is 19.8. The molecule has 0 saturated heterocycles. The van der Waals surface area contributed by atoms with Crippen LogP contribution in [-0.4, -0.2) is 39.8 Å². The van der Waals surface area contributed by atoms with Gasteiger partial charge in [-0.15, -0.1) is 36.2 Å². The minimum Gasteiger partial charge on any atom is -0.366 e. The van der Waals surface area contributed by atoms with Crippen LogP contribution in [0.4, 0.5) is 5.69 Å². The second-order valence-corrected chi connectivity index (χ2v) is 7.62. The second kappa shape index (κ2) is 11.2. The van der Waals surface area contributed by atoms with E-state index in [1.54, 1.807) is 23.7 Å². The lowest BCUT2D eigenvalue weighted by atomic mass is 10.0. The summed E-state index contributed by atoms with van der Waals surface area (Å²) in [7, 11) is 2.03. The van der Waals surface area contributed by atoms with E-state index in [1.807, 2.05) is 20.3 Å². The van der Waals surface area contributed by atoms with Crippen LogP contribution in [-0.2, 0) is 6.42 Å². The summed E-state index contributed by atoms with van der Waals surface area (Å²) in [5.41, 5.74) is 7.38. The number of halogens is 2. The fraction of sp³-hybridized carbons (Fsp3) is 0.333. The molecule has 0 radical (unpaired) electrons. The number of rotatable bonds is 6. The number of hydrogen-bond donors (Lipinski definition) is 0. The minimum atomic E-state index is 0. The Bertz CT molecular complexity index is 971. The number of benzene rings is 1. The van der Waals surface area contributed by atoms with Crippen LogP contribution in [0.1, 0.15) is 34.3 Å². The monoisotopic (exact) mass is 451 g/mol. The summed E-state index contributed by atoms with van der Waals surface area (Å²) in [6.45, 7) is 9.26. The van der Waals surface area contributed by atoms with E-state index in [0.29, 0.717) is 0 Å². The summed E-state index contributed by atoms with van der Waals surface area (Å²) < 4.78 is 0. The topological polar surface area (TPSA) is 54.3 Å². The molecule has 5 nitrogen and oxygen atoms in total. The lowest BCUT2D eigenvalue weighted by Gasteiger charge is -2.11. The third kappa shape index (κ3) is 6.23. The molecule has 156 valence electrons. The molecule has 0 aliphatic carbocycles. The molecule has 3 aromatic rings. The third-order valence-electron chi connectivity index (χ3n) is 4.56. The van der Waals surface area contributed by atoms with Crippen molar-refractivity contribution in [3.63, 3.8) is 0 Å². The van der Waals surface area contributed by atoms with E-state index in [9.17, 15) is 0 Å². The van der Waals surface area contributed by atoms with Crippen LogP contribution >= 0.6 is 36.2 Å². The molecule has 0 aliphatic heterocycles. The quantitative estimate of drug-likeness (QED) is 0.362. The molecule has 0 fully saturated rings. The Balaban J connectivity index is 0.00000210. The first-order valence-corrected chi connectivity index (χ1v) is 9.92. The van der Waals surface area contributed by atoms with E-state index in [2.05, 4.69) is 58.1 Å². The Kier molecular flexibility index (Phi) is 9.70. The van der Waals surface area contributed by atoms with E-state index in [4.69, 9.17) is 4.98 Å². The summed E-state index contributed by atoms with van der Waals surface area (Å²) in [6, 6.07) is 4.38. The molecule has 2 heterocycles. The minimum absolute atomic E-state index is 0. The van der Waals surface area contributed by atoms with Crippen molar-refractivity contribution in [1.82, 2.24) is 19.9 Å². The normalized spacial score (nSPS) is 10.5. The molecule has 29 heavy (non-hydrogen) atoms. The van der Waals surface area contributed by atoms with Crippen LogP contribution in [0, 0.1) is 20.8 Å². The summed E-state index contributed by atoms with van der Waals surface area (Å²) in [4.78, 5) is 20.2. The first kappa shape index (κ1) is 25.0. The molecule has 3 rings (SSSR count). The highest BCUT2D eigenvalue weighted by molar-refractivity contribution is 7.10. The van der Waals surface area contributed by atoms with Gasteiger partial charge in [0.1, 0.15) is 11.4 Å². The predicted molar refractivity (Wildman–Crippen MR) is 128 cm³/mol. The van der Waals surface area contributed by atoms with Gasteiger partial charge in [-0.2, -0.15) is 0 Å². The van der Waals surface area contributed by atoms with Crippen molar-refractivity contribution in [2.24, 2.45) is 4.99 Å². The molecule has 0 spiro atoms. The van der Waals surface area contributed by atoms with Gasteiger partial charge in [0, 0.05) is 37.8 Å². The van der Waals surface area contributed by atoms with Gasteiger partial charge in [0.2, 0.25) is 0 Å². The Morgan fingerprint density at radius 2 is 1.79 bits per heavy atom. The van der Waals surface area contributed by atoms with Gasteiger partial charge in [-0.3, -0.25) is 9.97 Å². The highest BCUT2D eigenvalue weighted by atomic mass is 35.5. The van der Waals surface area contributed by atoms with E-state index in [0.717, 1.165) is 40.7 Å². The number of nitrogens with zero attached hydrogens (tertiary/aromatic N) is 5. The molecule has 0 saturated carbocycles. The van der Waals surface area contributed by atoms with Crippen molar-refractivity contribution in [3.8, 4) is 11.4 Å². The van der Waals surface area contributed by atoms with Gasteiger partial charge in [0.05, 0.1) is 22.7 Å². The first-order chi connectivity index (χ1) is 13.0. The van der Waals surface area contributed by atoms with Crippen LogP contribution in [0.3, 0.4) is 0 Å². The van der Waals surface area contributed by atoms with Gasteiger partial charge in [-0.1, -0.05) is 6.07 Å². The molecule has 0 amide bonds. The summed E-state index contributed by atoms with van der Waals surface area (Å²) in [6.07, 6.45) is 6.12. The van der Waals surface area contributed by atoms with Crippen LogP contribution in [0.25, 0.3) is 11.4 Å². The lowest BCUT2D eigenvalue weighted by molar-refractivity contribution is 0.552. The van der Waals surface area contributed by atoms with Gasteiger partial charge in [-0.25, -0.2) is 9.98 Å². The molecule has 0 atom stereocenters. The number of thiazole rings is 1. The number of aromatic nitrogens is 3. The van der Waals surface area contributed by atoms with Crippen molar-refractivity contribution in [2.75, 3.05) is 13.6 Å². The molecular weight excluding hydrogens is 425 g/mol. The zero-order chi connectivity index (χ0) is 19.4. The standard InChI is InChI=1S/C21H25N5S.2ClH/c1-6-26(5)13-24-18-10-14(2)17(9-15(18)3)11-20-25-19(12-27-20)21-16(4)22-7-8-23-21;;/h7-10,12-13H,6,11H2,1-5H3;2*1H/b24-13-;;. The van der Waals surface area contributed by atoms with Crippen molar-refractivity contribution >= 4 is 48.2 Å². The second-order valence-electron chi connectivity index (χ2n) is 6.68. The Morgan fingerprint density at radius 3 is 2.48 bits per heavy atom. The van der Waals surface area contributed by atoms with E-state index in [1.165, 1.54) is 16.7 Å². The maximum Gasteiger partial charge on any atom is 0.111 e. The van der Waals surface area contributed by atoms with Crippen molar-refractivity contribution in [1.29, 1.82) is 0 Å². The zero-order valence-electron chi connectivity index (χ0n) is 17.3. The van der Waals surface area contributed by atoms with E-state index < -0.39 is 0 Å². The number of aryl methyl sites for hydroxylation is 3. The summed E-state index contributed by atoms with van der Waals surface area (Å²) in [5.74, 6) is 0. The first-order valence-electron chi connectivity index (χ1n) is 9.05. The largest absolute Gasteiger partial charge is 0.366 e. The van der Waals surface area contributed by atoms with Crippen molar-refractivity contribution < 1.29 is 0 Å². The van der Waals surface area contributed by atoms with Crippen LogP contribution in [0.15, 0.2) is 34.9 Å². The number of aliphatic imine (C=N–C) groups is 1. The molecule has 8 heteroatoms. The third-order valence-corrected chi connectivity index (χ3v) is 5.41. The van der Waals surface area contributed by atoms with Crippen molar-refractivity contribution in [2.45, 2.75) is 34.1 Å². The fourth-order valence-electron chi connectivity index (χ4n) is 2.76. The molecule has 1 aromatic carbocycles. The lowest BCUT2D eigenvalue weighted by Crippen LogP contribution is -2.14. The van der Waals surface area contributed by atoms with E-state index in [-0.39, 0.29) is 24.8 Å². The van der Waals surface area contributed by atoms with Gasteiger partial charge in [-0.05, 0) is 50.5 Å². The van der Waals surface area contributed by atoms with Crippen LogP contribution in [0.5, 0.6) is 0 Å². The Hall–Kier alpha value is -2.02. The van der Waals surface area contributed by atoms with Gasteiger partial charge in [0.25, 0.3) is 0 Å². The fourth-order valence-corrected chi connectivity index (χ4v) is 3.56. The highest BCUT2D eigenvalue weighted by Gasteiger charge is 2.11. The Labute approximate surface area is 189 Å². The SMILES string of the molecule is CCN(C)/C=N\c1cc(C)c(Cc2nc(-c3nccnc3C)cs2)cc1C.Cl.Cl. The molecule has 0 bridgehead atoms. The molecule has 2 aromatic heterocycles. The van der Waals surface area contributed by atoms with Gasteiger partial charge in [0.15, 0.2) is 0 Å².